The summed E-state index contributed by atoms with van der Waals surface area (Å²) in [4.78, 5) is 2.58. The SMILES string of the molecule is C1=C(N2CCCC2)Cc2ccc3c(ccc4cc5ccccc5cc43)c21. The molecule has 6 rings (SSSR count). The number of benzene rings is 4. The van der Waals surface area contributed by atoms with Crippen molar-refractivity contribution in [3.63, 3.8) is 0 Å². The molecule has 1 aliphatic carbocycles. The lowest BCUT2D eigenvalue weighted by molar-refractivity contribution is 0.423. The molecular formula is C25H21N. The Hall–Kier alpha value is -2.80. The predicted molar refractivity (Wildman–Crippen MR) is 111 cm³/mol. The van der Waals surface area contributed by atoms with Gasteiger partial charge in [0.2, 0.25) is 0 Å². The molecule has 0 atom stereocenters. The summed E-state index contributed by atoms with van der Waals surface area (Å²) in [7, 11) is 0. The molecule has 4 aromatic carbocycles. The summed E-state index contributed by atoms with van der Waals surface area (Å²) in [5.41, 5.74) is 4.45. The molecule has 1 nitrogen and oxygen atoms in total. The molecule has 26 heavy (non-hydrogen) atoms. The summed E-state index contributed by atoms with van der Waals surface area (Å²) in [5.74, 6) is 0. The van der Waals surface area contributed by atoms with E-state index >= 15 is 0 Å². The van der Waals surface area contributed by atoms with Crippen molar-refractivity contribution in [1.29, 1.82) is 0 Å². The summed E-state index contributed by atoms with van der Waals surface area (Å²) in [6.45, 7) is 2.46. The van der Waals surface area contributed by atoms with E-state index in [1.807, 2.05) is 0 Å². The molecule has 1 aliphatic heterocycles. The van der Waals surface area contributed by atoms with Gasteiger partial charge in [0.15, 0.2) is 0 Å². The van der Waals surface area contributed by atoms with Crippen LogP contribution in [0.4, 0.5) is 0 Å². The molecule has 0 saturated carbocycles. The molecule has 0 unspecified atom stereocenters. The Morgan fingerprint density at radius 2 is 1.42 bits per heavy atom. The summed E-state index contributed by atoms with van der Waals surface area (Å²) in [6.07, 6.45) is 6.23. The molecule has 126 valence electrons. The van der Waals surface area contributed by atoms with Gasteiger partial charge in [-0.1, -0.05) is 48.5 Å². The van der Waals surface area contributed by atoms with E-state index in [-0.39, 0.29) is 0 Å². The largest absolute Gasteiger partial charge is 0.375 e. The number of fused-ring (bicyclic) bond motifs is 6. The Balaban J connectivity index is 1.60. The smallest absolute Gasteiger partial charge is 0.0184 e. The fourth-order valence-corrected chi connectivity index (χ4v) is 4.84. The third-order valence-electron chi connectivity index (χ3n) is 6.21. The van der Waals surface area contributed by atoms with Gasteiger partial charge in [-0.15, -0.1) is 0 Å². The highest BCUT2D eigenvalue weighted by Gasteiger charge is 2.22. The molecule has 0 bridgehead atoms. The van der Waals surface area contributed by atoms with Crippen molar-refractivity contribution >= 4 is 38.4 Å². The van der Waals surface area contributed by atoms with Crippen LogP contribution in [-0.2, 0) is 6.42 Å². The standard InChI is InChI=1S/C25H21N/c1-2-6-18-15-24-19(13-17(18)5-1)7-9-23-22(24)10-8-20-14-21(16-25(20)23)26-11-3-4-12-26/h1-2,5-10,13,15-16H,3-4,11-12,14H2. The Kier molecular flexibility index (Phi) is 2.96. The molecule has 1 heteroatoms. The quantitative estimate of drug-likeness (QED) is 0.298. The van der Waals surface area contributed by atoms with E-state index in [4.69, 9.17) is 0 Å². The van der Waals surface area contributed by atoms with Crippen molar-refractivity contribution in [3.05, 3.63) is 77.5 Å². The number of likely N-dealkylation sites (tertiary alicyclic amines) is 1. The Bertz CT molecular complexity index is 1210. The summed E-state index contributed by atoms with van der Waals surface area (Å²) < 4.78 is 0. The van der Waals surface area contributed by atoms with Gasteiger partial charge in [-0.25, -0.2) is 0 Å². The predicted octanol–water partition coefficient (Wildman–Crippen LogP) is 6.14. The highest BCUT2D eigenvalue weighted by atomic mass is 15.1. The normalized spacial score (nSPS) is 16.6. The van der Waals surface area contributed by atoms with Crippen LogP contribution in [0.1, 0.15) is 24.0 Å². The van der Waals surface area contributed by atoms with Crippen LogP contribution in [0.15, 0.2) is 66.4 Å². The van der Waals surface area contributed by atoms with E-state index in [1.54, 1.807) is 0 Å². The van der Waals surface area contributed by atoms with Crippen LogP contribution in [0.25, 0.3) is 38.4 Å². The highest BCUT2D eigenvalue weighted by molar-refractivity contribution is 6.14. The van der Waals surface area contributed by atoms with E-state index < -0.39 is 0 Å². The average molecular weight is 335 g/mol. The van der Waals surface area contributed by atoms with E-state index in [0.717, 1.165) is 6.42 Å². The highest BCUT2D eigenvalue weighted by Crippen LogP contribution is 2.37. The zero-order valence-corrected chi connectivity index (χ0v) is 14.8. The van der Waals surface area contributed by atoms with Crippen molar-refractivity contribution in [3.8, 4) is 0 Å². The second kappa shape index (κ2) is 5.35. The van der Waals surface area contributed by atoms with Crippen LogP contribution < -0.4 is 0 Å². The molecule has 0 radical (unpaired) electrons. The lowest BCUT2D eigenvalue weighted by Crippen LogP contribution is -2.18. The van der Waals surface area contributed by atoms with Gasteiger partial charge >= 0.3 is 0 Å². The number of hydrogen-bond acceptors (Lipinski definition) is 1. The van der Waals surface area contributed by atoms with Crippen LogP contribution >= 0.6 is 0 Å². The number of allylic oxidation sites excluding steroid dienone is 1. The van der Waals surface area contributed by atoms with Gasteiger partial charge in [-0.2, -0.15) is 0 Å². The van der Waals surface area contributed by atoms with Crippen molar-refractivity contribution in [2.45, 2.75) is 19.3 Å². The molecular weight excluding hydrogens is 314 g/mol. The van der Waals surface area contributed by atoms with Gasteiger partial charge in [0, 0.05) is 25.2 Å². The molecule has 0 aromatic heterocycles. The fraction of sp³-hybridized carbons (Fsp3) is 0.200. The first-order chi connectivity index (χ1) is 12.9. The topological polar surface area (TPSA) is 3.24 Å². The zero-order chi connectivity index (χ0) is 17.1. The van der Waals surface area contributed by atoms with Crippen LogP contribution in [-0.4, -0.2) is 18.0 Å². The lowest BCUT2D eigenvalue weighted by atomic mass is 9.94. The lowest BCUT2D eigenvalue weighted by Gasteiger charge is -2.18. The van der Waals surface area contributed by atoms with Gasteiger partial charge in [0.25, 0.3) is 0 Å². The maximum Gasteiger partial charge on any atom is 0.0184 e. The van der Waals surface area contributed by atoms with Crippen molar-refractivity contribution in [2.75, 3.05) is 13.1 Å². The third-order valence-corrected chi connectivity index (χ3v) is 6.21. The molecule has 1 heterocycles. The minimum Gasteiger partial charge on any atom is -0.375 e. The van der Waals surface area contributed by atoms with Crippen molar-refractivity contribution in [1.82, 2.24) is 4.90 Å². The first-order valence-electron chi connectivity index (χ1n) is 9.69. The Morgan fingerprint density at radius 3 is 2.27 bits per heavy atom. The van der Waals surface area contributed by atoms with Gasteiger partial charge in [0.05, 0.1) is 0 Å². The number of nitrogens with zero attached hydrogens (tertiary/aromatic N) is 1. The molecule has 1 fully saturated rings. The summed E-state index contributed by atoms with van der Waals surface area (Å²) in [5, 5.41) is 8.12. The van der Waals surface area contributed by atoms with Crippen LogP contribution in [0.3, 0.4) is 0 Å². The summed E-state index contributed by atoms with van der Waals surface area (Å²) >= 11 is 0. The zero-order valence-electron chi connectivity index (χ0n) is 14.8. The third kappa shape index (κ3) is 2.03. The Labute approximate surface area is 153 Å². The molecule has 0 amide bonds. The monoisotopic (exact) mass is 335 g/mol. The number of rotatable bonds is 1. The maximum absolute atomic E-state index is 2.58. The minimum absolute atomic E-state index is 1.10. The second-order valence-electron chi connectivity index (χ2n) is 7.73. The first-order valence-corrected chi connectivity index (χ1v) is 9.69. The van der Waals surface area contributed by atoms with Gasteiger partial charge < -0.3 is 4.90 Å². The first kappa shape index (κ1) is 14.4. The van der Waals surface area contributed by atoms with E-state index in [1.165, 1.54) is 75.1 Å². The molecule has 0 spiro atoms. The van der Waals surface area contributed by atoms with Gasteiger partial charge in [-0.05, 0) is 74.5 Å². The molecule has 0 N–H and O–H groups in total. The maximum atomic E-state index is 2.58. The fourth-order valence-electron chi connectivity index (χ4n) is 4.84. The van der Waals surface area contributed by atoms with Gasteiger partial charge in [0.1, 0.15) is 0 Å². The molecule has 1 saturated heterocycles. The molecule has 2 aliphatic rings. The summed E-state index contributed by atoms with van der Waals surface area (Å²) in [6, 6.07) is 22.7. The number of hydrogen-bond donors (Lipinski definition) is 0. The van der Waals surface area contributed by atoms with Crippen molar-refractivity contribution in [2.24, 2.45) is 0 Å². The van der Waals surface area contributed by atoms with E-state index in [2.05, 4.69) is 71.6 Å². The van der Waals surface area contributed by atoms with Crippen LogP contribution in [0.5, 0.6) is 0 Å². The van der Waals surface area contributed by atoms with Crippen LogP contribution in [0, 0.1) is 0 Å². The Morgan fingerprint density at radius 1 is 0.654 bits per heavy atom. The second-order valence-corrected chi connectivity index (χ2v) is 7.73. The van der Waals surface area contributed by atoms with E-state index in [9.17, 15) is 0 Å². The van der Waals surface area contributed by atoms with E-state index in [0.29, 0.717) is 0 Å². The average Bonchev–Trinajstić information content (AvgIpc) is 3.35. The van der Waals surface area contributed by atoms with Crippen molar-refractivity contribution < 1.29 is 0 Å². The van der Waals surface area contributed by atoms with Gasteiger partial charge in [-0.3, -0.25) is 0 Å². The molecule has 4 aromatic rings. The van der Waals surface area contributed by atoms with Crippen LogP contribution in [0.2, 0.25) is 0 Å². The minimum atomic E-state index is 1.10.